The summed E-state index contributed by atoms with van der Waals surface area (Å²) in [6.45, 7) is 10.0. The topological polar surface area (TPSA) is 69.4 Å². The summed E-state index contributed by atoms with van der Waals surface area (Å²) in [4.78, 5) is 0. The zero-order valence-electron chi connectivity index (χ0n) is 13.2. The summed E-state index contributed by atoms with van der Waals surface area (Å²) in [5, 5.41) is 5.89. The predicted molar refractivity (Wildman–Crippen MR) is 87.3 cm³/mol. The molecule has 0 heterocycles. The highest BCUT2D eigenvalue weighted by molar-refractivity contribution is 7.89. The van der Waals surface area contributed by atoms with E-state index in [2.05, 4.69) is 0 Å². The highest BCUT2D eigenvalue weighted by Gasteiger charge is 2.29. The second kappa shape index (κ2) is 6.55. The molecule has 1 unspecified atom stereocenters. The first kappa shape index (κ1) is 18.3. The molecule has 0 aliphatic carbocycles. The highest BCUT2D eigenvalue weighted by atomic mass is 35.5. The van der Waals surface area contributed by atoms with Gasteiger partial charge in [-0.15, -0.1) is 0 Å². The molecule has 6 heteroatoms. The van der Waals surface area contributed by atoms with Crippen LogP contribution in [0.5, 0.6) is 5.75 Å². The van der Waals surface area contributed by atoms with E-state index in [1.54, 1.807) is 0 Å². The first-order valence-electron chi connectivity index (χ1n) is 6.80. The number of halogens is 1. The van der Waals surface area contributed by atoms with Crippen LogP contribution in [-0.4, -0.2) is 20.8 Å². The van der Waals surface area contributed by atoms with Gasteiger partial charge in [0.05, 0.1) is 12.4 Å². The van der Waals surface area contributed by atoms with Crippen LogP contribution in [0.15, 0.2) is 12.1 Å². The van der Waals surface area contributed by atoms with Gasteiger partial charge in [-0.05, 0) is 42.5 Å². The molecule has 2 N–H and O–H groups in total. The lowest BCUT2D eigenvalue weighted by Gasteiger charge is -2.30. The number of aryl methyl sites for hydroxylation is 2. The van der Waals surface area contributed by atoms with Crippen molar-refractivity contribution in [2.45, 2.75) is 34.6 Å². The number of hydrogen-bond donors (Lipinski definition) is 1. The molecule has 0 radical (unpaired) electrons. The Bertz CT molecular complexity index is 583. The smallest absolute Gasteiger partial charge is 0.209 e. The maximum Gasteiger partial charge on any atom is 0.209 e. The molecule has 0 amide bonds. The fourth-order valence-electron chi connectivity index (χ4n) is 2.01. The third-order valence-corrected chi connectivity index (χ3v) is 4.98. The summed E-state index contributed by atoms with van der Waals surface area (Å²) in [6.07, 6.45) is 0. The van der Waals surface area contributed by atoms with Crippen molar-refractivity contribution in [1.29, 1.82) is 0 Å². The number of ether oxygens (including phenoxy) is 1. The van der Waals surface area contributed by atoms with Gasteiger partial charge in [-0.2, -0.15) is 0 Å². The number of sulfonamides is 1. The van der Waals surface area contributed by atoms with Crippen molar-refractivity contribution in [2.24, 2.45) is 16.5 Å². The Labute approximate surface area is 132 Å². The zero-order chi connectivity index (χ0) is 16.4. The van der Waals surface area contributed by atoms with Crippen molar-refractivity contribution in [3.8, 4) is 5.75 Å². The Morgan fingerprint density at radius 3 is 2.10 bits per heavy atom. The van der Waals surface area contributed by atoms with Gasteiger partial charge in [-0.25, -0.2) is 13.6 Å². The summed E-state index contributed by atoms with van der Waals surface area (Å²) in [5.74, 6) is 0.407. The van der Waals surface area contributed by atoms with Crippen LogP contribution in [0.2, 0.25) is 5.02 Å². The average Bonchev–Trinajstić information content (AvgIpc) is 2.28. The molecule has 1 aromatic rings. The summed E-state index contributed by atoms with van der Waals surface area (Å²) in [6, 6.07) is 3.71. The Kier molecular flexibility index (Phi) is 5.69. The largest absolute Gasteiger partial charge is 0.493 e. The molecule has 120 valence electrons. The number of rotatable bonds is 5. The Morgan fingerprint density at radius 1 is 1.24 bits per heavy atom. The van der Waals surface area contributed by atoms with Crippen molar-refractivity contribution in [3.63, 3.8) is 0 Å². The molecule has 0 saturated heterocycles. The zero-order valence-corrected chi connectivity index (χ0v) is 14.8. The standard InChI is InChI=1S/C15H24ClNO3S/c1-10-6-13(7-11(2)14(10)16)20-8-12(15(3,4)5)9-21(17,18)19/h6-7,12H,8-9H2,1-5H3,(H2,17,18,19). The van der Waals surface area contributed by atoms with Gasteiger partial charge in [-0.3, -0.25) is 0 Å². The highest BCUT2D eigenvalue weighted by Crippen LogP contribution is 2.30. The van der Waals surface area contributed by atoms with Gasteiger partial charge >= 0.3 is 0 Å². The molecule has 0 aromatic heterocycles. The van der Waals surface area contributed by atoms with Crippen molar-refractivity contribution in [3.05, 3.63) is 28.3 Å². The molecular formula is C15H24ClNO3S. The molecule has 0 saturated carbocycles. The van der Waals surface area contributed by atoms with Crippen LogP contribution in [0.25, 0.3) is 0 Å². The van der Waals surface area contributed by atoms with E-state index < -0.39 is 10.0 Å². The van der Waals surface area contributed by atoms with Gasteiger partial charge in [0.25, 0.3) is 0 Å². The van der Waals surface area contributed by atoms with Crippen LogP contribution in [0.1, 0.15) is 31.9 Å². The van der Waals surface area contributed by atoms with E-state index >= 15 is 0 Å². The third-order valence-electron chi connectivity index (χ3n) is 3.52. The van der Waals surface area contributed by atoms with E-state index in [1.165, 1.54) is 0 Å². The van der Waals surface area contributed by atoms with Crippen molar-refractivity contribution in [1.82, 2.24) is 0 Å². The lowest BCUT2D eigenvalue weighted by Crippen LogP contribution is -2.35. The Balaban J connectivity index is 2.87. The van der Waals surface area contributed by atoms with Crippen LogP contribution in [0.4, 0.5) is 0 Å². The van der Waals surface area contributed by atoms with Crippen LogP contribution in [-0.2, 0) is 10.0 Å². The quantitative estimate of drug-likeness (QED) is 0.898. The second-order valence-electron chi connectivity index (χ2n) is 6.57. The van der Waals surface area contributed by atoms with E-state index in [-0.39, 0.29) is 17.1 Å². The lowest BCUT2D eigenvalue weighted by molar-refractivity contribution is 0.163. The van der Waals surface area contributed by atoms with Crippen LogP contribution in [0.3, 0.4) is 0 Å². The molecule has 0 fully saturated rings. The van der Waals surface area contributed by atoms with Gasteiger partial charge in [0.2, 0.25) is 10.0 Å². The fourth-order valence-corrected chi connectivity index (χ4v) is 3.28. The minimum Gasteiger partial charge on any atom is -0.493 e. The first-order valence-corrected chi connectivity index (χ1v) is 8.89. The maximum absolute atomic E-state index is 11.4. The van der Waals surface area contributed by atoms with Crippen molar-refractivity contribution >= 4 is 21.6 Å². The SMILES string of the molecule is Cc1cc(OCC(CS(N)(=O)=O)C(C)(C)C)cc(C)c1Cl. The summed E-state index contributed by atoms with van der Waals surface area (Å²) in [7, 11) is -3.54. The van der Waals surface area contributed by atoms with Gasteiger partial charge < -0.3 is 4.74 Å². The number of benzene rings is 1. The summed E-state index contributed by atoms with van der Waals surface area (Å²) < 4.78 is 28.5. The van der Waals surface area contributed by atoms with E-state index in [0.717, 1.165) is 16.1 Å². The maximum atomic E-state index is 11.4. The molecule has 21 heavy (non-hydrogen) atoms. The molecule has 0 bridgehead atoms. The first-order chi connectivity index (χ1) is 9.40. The molecule has 1 aromatic carbocycles. The van der Waals surface area contributed by atoms with Gasteiger partial charge in [-0.1, -0.05) is 32.4 Å². The number of hydrogen-bond acceptors (Lipinski definition) is 3. The molecule has 0 aliphatic rings. The Morgan fingerprint density at radius 2 is 1.71 bits per heavy atom. The normalized spacial score (nSPS) is 14.0. The average molecular weight is 334 g/mol. The molecule has 1 atom stereocenters. The predicted octanol–water partition coefficient (Wildman–Crippen LogP) is 3.29. The summed E-state index contributed by atoms with van der Waals surface area (Å²) >= 11 is 6.12. The van der Waals surface area contributed by atoms with Gasteiger partial charge in [0.15, 0.2) is 0 Å². The second-order valence-corrected chi connectivity index (χ2v) is 8.61. The molecule has 1 rings (SSSR count). The van der Waals surface area contributed by atoms with Crippen LogP contribution in [0, 0.1) is 25.2 Å². The number of primary sulfonamides is 1. The monoisotopic (exact) mass is 333 g/mol. The van der Waals surface area contributed by atoms with Crippen LogP contribution >= 0.6 is 11.6 Å². The van der Waals surface area contributed by atoms with Crippen molar-refractivity contribution in [2.75, 3.05) is 12.4 Å². The lowest BCUT2D eigenvalue weighted by atomic mass is 9.82. The minimum absolute atomic E-state index is 0.0952. The molecule has 0 spiro atoms. The molecule has 4 nitrogen and oxygen atoms in total. The third kappa shape index (κ3) is 5.85. The van der Waals surface area contributed by atoms with Gasteiger partial charge in [0, 0.05) is 10.9 Å². The summed E-state index contributed by atoms with van der Waals surface area (Å²) in [5.41, 5.74) is 1.65. The Hall–Kier alpha value is -0.780. The van der Waals surface area contributed by atoms with Crippen molar-refractivity contribution < 1.29 is 13.2 Å². The minimum atomic E-state index is -3.54. The van der Waals surface area contributed by atoms with E-state index in [1.807, 2.05) is 46.8 Å². The fraction of sp³-hybridized carbons (Fsp3) is 0.600. The molecular weight excluding hydrogens is 310 g/mol. The number of nitrogens with two attached hydrogens (primary N) is 1. The van der Waals surface area contributed by atoms with E-state index in [9.17, 15) is 8.42 Å². The molecule has 0 aliphatic heterocycles. The van der Waals surface area contributed by atoms with E-state index in [0.29, 0.717) is 12.4 Å². The van der Waals surface area contributed by atoms with Crippen LogP contribution < -0.4 is 9.88 Å². The van der Waals surface area contributed by atoms with E-state index in [4.69, 9.17) is 21.5 Å². The van der Waals surface area contributed by atoms with Gasteiger partial charge in [0.1, 0.15) is 5.75 Å².